The molecule has 1 heterocycles. The van der Waals surface area contributed by atoms with E-state index in [0.717, 1.165) is 24.3 Å². The molecule has 10 heteroatoms. The van der Waals surface area contributed by atoms with Crippen molar-refractivity contribution in [3.63, 3.8) is 0 Å². The molecule has 29 heavy (non-hydrogen) atoms. The molecule has 152 valence electrons. The molecule has 0 bridgehead atoms. The molecule has 0 saturated heterocycles. The predicted octanol–water partition coefficient (Wildman–Crippen LogP) is 4.37. The van der Waals surface area contributed by atoms with Crippen molar-refractivity contribution in [2.24, 2.45) is 0 Å². The topological polar surface area (TPSA) is 99.8 Å². The van der Waals surface area contributed by atoms with Crippen molar-refractivity contribution >= 4 is 34.2 Å². The molecule has 0 unspecified atom stereocenters. The number of phenolic OH excluding ortho intramolecular Hbond substituents is 2. The van der Waals surface area contributed by atoms with Crippen molar-refractivity contribution in [2.75, 3.05) is 5.32 Å². The molecule has 3 N–H and O–H groups in total. The van der Waals surface area contributed by atoms with Gasteiger partial charge in [-0.2, -0.15) is 13.2 Å². The Labute approximate surface area is 166 Å². The summed E-state index contributed by atoms with van der Waals surface area (Å²) in [6.07, 6.45) is -5.15. The fourth-order valence-electron chi connectivity index (χ4n) is 2.87. The highest BCUT2D eigenvalue weighted by Gasteiger charge is 2.31. The van der Waals surface area contributed by atoms with Crippen LogP contribution in [0.1, 0.15) is 16.7 Å². The number of nitrogens with one attached hydrogen (secondary N) is 1. The van der Waals surface area contributed by atoms with Gasteiger partial charge in [0.25, 0.3) is 0 Å². The van der Waals surface area contributed by atoms with Crippen molar-refractivity contribution in [3.8, 4) is 11.5 Å². The first-order chi connectivity index (χ1) is 13.5. The molecule has 0 saturated carbocycles. The van der Waals surface area contributed by atoms with Gasteiger partial charge in [0, 0.05) is 12.1 Å². The Kier molecular flexibility index (Phi) is 5.18. The molecule has 3 aromatic rings. The molecule has 3 rings (SSSR count). The van der Waals surface area contributed by atoms with Crippen LogP contribution in [0.3, 0.4) is 0 Å². The van der Waals surface area contributed by atoms with Gasteiger partial charge in [0.1, 0.15) is 17.1 Å². The Balaban J connectivity index is 1.94. The lowest BCUT2D eigenvalue weighted by atomic mass is 10.0. The number of amides is 1. The lowest BCUT2D eigenvalue weighted by molar-refractivity contribution is -0.137. The van der Waals surface area contributed by atoms with Crippen LogP contribution in [0.4, 0.5) is 18.9 Å². The number of aromatic hydroxyl groups is 2. The van der Waals surface area contributed by atoms with Crippen LogP contribution in [0.5, 0.6) is 11.5 Å². The van der Waals surface area contributed by atoms with Gasteiger partial charge in [-0.1, -0.05) is 11.6 Å². The summed E-state index contributed by atoms with van der Waals surface area (Å²) in [7, 11) is 0. The van der Waals surface area contributed by atoms with Crippen LogP contribution in [0.15, 0.2) is 39.5 Å². The molecule has 1 aromatic heterocycles. The zero-order chi connectivity index (χ0) is 21.5. The molecule has 6 nitrogen and oxygen atoms in total. The zero-order valence-electron chi connectivity index (χ0n) is 14.7. The molecule has 0 aliphatic carbocycles. The van der Waals surface area contributed by atoms with Gasteiger partial charge in [0.05, 0.1) is 33.6 Å². The minimum absolute atomic E-state index is 0.0740. The molecule has 0 aliphatic rings. The van der Waals surface area contributed by atoms with Crippen molar-refractivity contribution in [1.29, 1.82) is 0 Å². The van der Waals surface area contributed by atoms with Crippen LogP contribution in [-0.4, -0.2) is 16.1 Å². The summed E-state index contributed by atoms with van der Waals surface area (Å²) in [6.45, 7) is 1.47. The van der Waals surface area contributed by atoms with E-state index in [-0.39, 0.29) is 44.3 Å². The molecule has 0 aliphatic heterocycles. The number of hydrogen-bond acceptors (Lipinski definition) is 5. The summed E-state index contributed by atoms with van der Waals surface area (Å²) in [6, 6.07) is 4.64. The second-order valence-electron chi connectivity index (χ2n) is 6.25. The highest BCUT2D eigenvalue weighted by Crippen LogP contribution is 2.34. The molecular weight excluding hydrogens is 415 g/mol. The van der Waals surface area contributed by atoms with Crippen molar-refractivity contribution in [3.05, 3.63) is 62.5 Å². The van der Waals surface area contributed by atoms with Crippen LogP contribution in [0, 0.1) is 6.92 Å². The summed E-state index contributed by atoms with van der Waals surface area (Å²) in [5.41, 5.74) is -2.08. The maximum Gasteiger partial charge on any atom is 0.416 e. The monoisotopic (exact) mass is 427 g/mol. The van der Waals surface area contributed by atoms with E-state index >= 15 is 0 Å². The maximum absolute atomic E-state index is 12.9. The molecule has 1 amide bonds. The van der Waals surface area contributed by atoms with E-state index in [9.17, 15) is 33.0 Å². The molecular formula is C19H13ClF3NO5. The van der Waals surface area contributed by atoms with Gasteiger partial charge in [-0.15, -0.1) is 0 Å². The number of anilines is 1. The Morgan fingerprint density at radius 3 is 2.55 bits per heavy atom. The van der Waals surface area contributed by atoms with Crippen LogP contribution in [0.2, 0.25) is 5.02 Å². The maximum atomic E-state index is 12.9. The largest absolute Gasteiger partial charge is 0.508 e. The van der Waals surface area contributed by atoms with Gasteiger partial charge in [0.15, 0.2) is 0 Å². The van der Waals surface area contributed by atoms with Gasteiger partial charge in [-0.25, -0.2) is 4.79 Å². The summed E-state index contributed by atoms with van der Waals surface area (Å²) < 4.78 is 43.6. The van der Waals surface area contributed by atoms with E-state index < -0.39 is 29.7 Å². The molecule has 2 aromatic carbocycles. The molecule has 0 radical (unpaired) electrons. The minimum atomic E-state index is -4.62. The quantitative estimate of drug-likeness (QED) is 0.539. The summed E-state index contributed by atoms with van der Waals surface area (Å²) >= 11 is 5.85. The smallest absolute Gasteiger partial charge is 0.416 e. The standard InChI is InChI=1S/C19H13ClF3NO5/c1-8-11(18(28)29-15-6-10(25)5-14(26)17(8)15)7-16(27)24-13-4-9(19(21,22)23)2-3-12(13)20/h2-6,25-26H,7H2,1H3,(H,24,27). The summed E-state index contributed by atoms with van der Waals surface area (Å²) in [5, 5.41) is 21.8. The number of phenols is 2. The highest BCUT2D eigenvalue weighted by molar-refractivity contribution is 6.33. The van der Waals surface area contributed by atoms with E-state index in [2.05, 4.69) is 5.32 Å². The lowest BCUT2D eigenvalue weighted by Crippen LogP contribution is -2.21. The Morgan fingerprint density at radius 2 is 1.90 bits per heavy atom. The number of benzene rings is 2. The highest BCUT2D eigenvalue weighted by atomic mass is 35.5. The number of alkyl halides is 3. The van der Waals surface area contributed by atoms with E-state index in [1.54, 1.807) is 0 Å². The van der Waals surface area contributed by atoms with Crippen molar-refractivity contribution in [1.82, 2.24) is 0 Å². The van der Waals surface area contributed by atoms with Crippen molar-refractivity contribution < 1.29 is 32.6 Å². The predicted molar refractivity (Wildman–Crippen MR) is 99.3 cm³/mol. The Morgan fingerprint density at radius 1 is 1.21 bits per heavy atom. The van der Waals surface area contributed by atoms with Gasteiger partial charge in [-0.3, -0.25) is 4.79 Å². The number of aryl methyl sites for hydroxylation is 1. The van der Waals surface area contributed by atoms with E-state index in [1.165, 1.54) is 6.92 Å². The average molecular weight is 428 g/mol. The van der Waals surface area contributed by atoms with Crippen LogP contribution in [0.25, 0.3) is 11.0 Å². The second-order valence-corrected chi connectivity index (χ2v) is 6.66. The number of fused-ring (bicyclic) bond motifs is 1. The van der Waals surface area contributed by atoms with Gasteiger partial charge >= 0.3 is 11.8 Å². The van der Waals surface area contributed by atoms with Gasteiger partial charge in [-0.05, 0) is 30.7 Å². The number of hydrogen-bond donors (Lipinski definition) is 3. The van der Waals surface area contributed by atoms with E-state index in [4.69, 9.17) is 16.0 Å². The van der Waals surface area contributed by atoms with Crippen LogP contribution >= 0.6 is 11.6 Å². The van der Waals surface area contributed by atoms with Crippen LogP contribution < -0.4 is 10.9 Å². The summed E-state index contributed by atoms with van der Waals surface area (Å²) in [4.78, 5) is 24.6. The number of carbonyl (C=O) groups excluding carboxylic acids is 1. The fraction of sp³-hybridized carbons (Fsp3) is 0.158. The van der Waals surface area contributed by atoms with Crippen molar-refractivity contribution in [2.45, 2.75) is 19.5 Å². The zero-order valence-corrected chi connectivity index (χ0v) is 15.5. The summed E-state index contributed by atoms with van der Waals surface area (Å²) in [5.74, 6) is -1.48. The van der Waals surface area contributed by atoms with E-state index in [0.29, 0.717) is 6.07 Å². The van der Waals surface area contributed by atoms with E-state index in [1.807, 2.05) is 0 Å². The van der Waals surface area contributed by atoms with Gasteiger partial charge < -0.3 is 19.9 Å². The first-order valence-electron chi connectivity index (χ1n) is 8.12. The third-order valence-corrected chi connectivity index (χ3v) is 4.58. The normalized spacial score (nSPS) is 11.6. The Bertz CT molecular complexity index is 1190. The second kappa shape index (κ2) is 7.32. The minimum Gasteiger partial charge on any atom is -0.508 e. The first kappa shape index (κ1) is 20.5. The van der Waals surface area contributed by atoms with Gasteiger partial charge in [0.2, 0.25) is 5.91 Å². The third kappa shape index (κ3) is 4.14. The third-order valence-electron chi connectivity index (χ3n) is 4.25. The number of rotatable bonds is 3. The number of halogens is 4. The van der Waals surface area contributed by atoms with Crippen LogP contribution in [-0.2, 0) is 17.4 Å². The first-order valence-corrected chi connectivity index (χ1v) is 8.50. The SMILES string of the molecule is Cc1c(CC(=O)Nc2cc(C(F)(F)F)ccc2Cl)c(=O)oc2cc(O)cc(O)c12. The number of carbonyl (C=O) groups is 1. The average Bonchev–Trinajstić information content (AvgIpc) is 2.58. The molecule has 0 spiro atoms. The Hall–Kier alpha value is -3.20. The lowest BCUT2D eigenvalue weighted by Gasteiger charge is -2.12. The molecule has 0 atom stereocenters. The molecule has 0 fully saturated rings. The fourth-order valence-corrected chi connectivity index (χ4v) is 3.03.